The maximum atomic E-state index is 13.0. The van der Waals surface area contributed by atoms with Crippen LogP contribution in [0.15, 0.2) is 63.9 Å². The number of anilines is 1. The van der Waals surface area contributed by atoms with Gasteiger partial charge in [-0.15, -0.1) is 5.10 Å². The number of piperidine rings is 1. The van der Waals surface area contributed by atoms with E-state index in [-0.39, 0.29) is 41.2 Å². The predicted octanol–water partition coefficient (Wildman–Crippen LogP) is 4.07. The van der Waals surface area contributed by atoms with E-state index in [9.17, 15) is 13.2 Å². The second-order valence-electron chi connectivity index (χ2n) is 9.22. The number of nitrogens with one attached hydrogen (secondary N) is 1. The molecule has 0 saturated carbocycles. The molecule has 2 aromatic carbocycles. The van der Waals surface area contributed by atoms with Crippen LogP contribution in [-0.4, -0.2) is 41.9 Å². The fourth-order valence-corrected chi connectivity index (χ4v) is 5.28. The van der Waals surface area contributed by atoms with Crippen molar-refractivity contribution in [3.63, 3.8) is 0 Å². The molecule has 0 unspecified atom stereocenters. The summed E-state index contributed by atoms with van der Waals surface area (Å²) in [6.45, 7) is 6.82. The Labute approximate surface area is 194 Å². The van der Waals surface area contributed by atoms with E-state index < -0.39 is 10.0 Å². The fraction of sp³-hybridized carbons (Fsp3) is 0.375. The van der Waals surface area contributed by atoms with Crippen LogP contribution in [-0.2, 0) is 20.2 Å². The molecule has 1 aliphatic heterocycles. The SMILES string of the molecule is CC(C)(C)c1ccc(S(=O)(=O)N2CCC(C(=O)Nc3nnc(-c4ccccc4)o3)CC2)cc1. The number of benzene rings is 2. The lowest BCUT2D eigenvalue weighted by molar-refractivity contribution is -0.121. The Morgan fingerprint density at radius 3 is 2.24 bits per heavy atom. The Morgan fingerprint density at radius 2 is 1.64 bits per heavy atom. The van der Waals surface area contributed by atoms with Gasteiger partial charge in [0, 0.05) is 24.6 Å². The summed E-state index contributed by atoms with van der Waals surface area (Å²) in [7, 11) is -3.60. The van der Waals surface area contributed by atoms with Crippen LogP contribution >= 0.6 is 0 Å². The van der Waals surface area contributed by atoms with E-state index >= 15 is 0 Å². The summed E-state index contributed by atoms with van der Waals surface area (Å²) in [4.78, 5) is 12.9. The molecule has 0 bridgehead atoms. The lowest BCUT2D eigenvalue weighted by Gasteiger charge is -2.30. The van der Waals surface area contributed by atoms with Gasteiger partial charge < -0.3 is 4.42 Å². The van der Waals surface area contributed by atoms with Crippen molar-refractivity contribution >= 4 is 21.9 Å². The minimum atomic E-state index is -3.60. The minimum absolute atomic E-state index is 0.0350. The zero-order chi connectivity index (χ0) is 23.6. The van der Waals surface area contributed by atoms with Crippen molar-refractivity contribution in [3.05, 3.63) is 60.2 Å². The second kappa shape index (κ2) is 9.07. The first-order valence-corrected chi connectivity index (χ1v) is 12.4. The van der Waals surface area contributed by atoms with Gasteiger partial charge in [-0.05, 0) is 48.1 Å². The Kier molecular flexibility index (Phi) is 6.36. The summed E-state index contributed by atoms with van der Waals surface area (Å²) in [5, 5.41) is 10.5. The lowest BCUT2D eigenvalue weighted by atomic mass is 9.87. The smallest absolute Gasteiger partial charge is 0.322 e. The Balaban J connectivity index is 1.35. The van der Waals surface area contributed by atoms with Crippen molar-refractivity contribution in [2.24, 2.45) is 5.92 Å². The van der Waals surface area contributed by atoms with Gasteiger partial charge in [0.1, 0.15) is 0 Å². The molecule has 0 spiro atoms. The van der Waals surface area contributed by atoms with Crippen LogP contribution in [0.4, 0.5) is 6.01 Å². The first-order valence-electron chi connectivity index (χ1n) is 10.9. The highest BCUT2D eigenvalue weighted by atomic mass is 32.2. The van der Waals surface area contributed by atoms with Gasteiger partial charge in [-0.3, -0.25) is 10.1 Å². The van der Waals surface area contributed by atoms with Gasteiger partial charge >= 0.3 is 6.01 Å². The molecule has 3 aromatic rings. The van der Waals surface area contributed by atoms with E-state index in [2.05, 4.69) is 36.3 Å². The molecule has 9 heteroatoms. The normalized spacial score (nSPS) is 16.0. The first-order chi connectivity index (χ1) is 15.6. The van der Waals surface area contributed by atoms with Crippen molar-refractivity contribution in [1.29, 1.82) is 0 Å². The number of carbonyl (C=O) groups is 1. The number of hydrogen-bond donors (Lipinski definition) is 1. The highest BCUT2D eigenvalue weighted by molar-refractivity contribution is 7.89. The third-order valence-corrected chi connectivity index (χ3v) is 7.77. The van der Waals surface area contributed by atoms with E-state index in [1.807, 2.05) is 42.5 Å². The van der Waals surface area contributed by atoms with E-state index in [1.165, 1.54) is 4.31 Å². The van der Waals surface area contributed by atoms with Crippen molar-refractivity contribution in [3.8, 4) is 11.5 Å². The van der Waals surface area contributed by atoms with Gasteiger partial charge in [-0.1, -0.05) is 56.2 Å². The molecule has 174 valence electrons. The Bertz CT molecular complexity index is 1210. The van der Waals surface area contributed by atoms with Gasteiger partial charge in [-0.2, -0.15) is 4.31 Å². The maximum absolute atomic E-state index is 13.0. The van der Waals surface area contributed by atoms with E-state index in [1.54, 1.807) is 12.1 Å². The number of nitrogens with zero attached hydrogens (tertiary/aromatic N) is 3. The standard InChI is InChI=1S/C24H28N4O4S/c1-24(2,3)19-9-11-20(12-10-19)33(30,31)28-15-13-17(14-16-28)21(29)25-23-27-26-22(32-23)18-7-5-4-6-8-18/h4-12,17H,13-16H2,1-3H3,(H,25,27,29). The number of hydrogen-bond acceptors (Lipinski definition) is 6. The molecule has 0 radical (unpaired) electrons. The molecule has 4 rings (SSSR count). The summed E-state index contributed by atoms with van der Waals surface area (Å²) < 4.78 is 33.1. The average Bonchev–Trinajstić information content (AvgIpc) is 3.28. The number of rotatable bonds is 5. The quantitative estimate of drug-likeness (QED) is 0.605. The second-order valence-corrected chi connectivity index (χ2v) is 11.2. The molecular formula is C24H28N4O4S. The zero-order valence-corrected chi connectivity index (χ0v) is 19.8. The molecular weight excluding hydrogens is 440 g/mol. The van der Waals surface area contributed by atoms with Crippen LogP contribution in [0.1, 0.15) is 39.2 Å². The summed E-state index contributed by atoms with van der Waals surface area (Å²) in [5.74, 6) is -0.249. The average molecular weight is 469 g/mol. The van der Waals surface area contributed by atoms with Crippen LogP contribution in [0.2, 0.25) is 0 Å². The number of carbonyl (C=O) groups excluding carboxylic acids is 1. The molecule has 1 N–H and O–H groups in total. The summed E-state index contributed by atoms with van der Waals surface area (Å²) in [6, 6.07) is 16.4. The van der Waals surface area contributed by atoms with Crippen LogP contribution in [0.3, 0.4) is 0 Å². The van der Waals surface area contributed by atoms with Crippen LogP contribution in [0.5, 0.6) is 0 Å². The van der Waals surface area contributed by atoms with Gasteiger partial charge in [-0.25, -0.2) is 8.42 Å². The molecule has 1 aromatic heterocycles. The Hall–Kier alpha value is -3.04. The molecule has 0 atom stereocenters. The molecule has 1 aliphatic rings. The molecule has 1 amide bonds. The Morgan fingerprint density at radius 1 is 1.00 bits per heavy atom. The third-order valence-electron chi connectivity index (χ3n) is 5.86. The van der Waals surface area contributed by atoms with Gasteiger partial charge in [0.25, 0.3) is 0 Å². The summed E-state index contributed by atoms with van der Waals surface area (Å²) >= 11 is 0. The summed E-state index contributed by atoms with van der Waals surface area (Å²) in [5.41, 5.74) is 1.79. The van der Waals surface area contributed by atoms with Crippen LogP contribution in [0.25, 0.3) is 11.5 Å². The van der Waals surface area contributed by atoms with Gasteiger partial charge in [0.15, 0.2) is 0 Å². The fourth-order valence-electron chi connectivity index (χ4n) is 3.81. The highest BCUT2D eigenvalue weighted by Crippen LogP contribution is 2.28. The molecule has 2 heterocycles. The summed E-state index contributed by atoms with van der Waals surface area (Å²) in [6.07, 6.45) is 0.843. The zero-order valence-electron chi connectivity index (χ0n) is 19.0. The van der Waals surface area contributed by atoms with Crippen LogP contribution in [0, 0.1) is 5.92 Å². The first kappa shape index (κ1) is 23.1. The van der Waals surface area contributed by atoms with Gasteiger partial charge in [0.05, 0.1) is 4.90 Å². The van der Waals surface area contributed by atoms with E-state index in [4.69, 9.17) is 4.42 Å². The maximum Gasteiger partial charge on any atom is 0.322 e. The third kappa shape index (κ3) is 5.15. The molecule has 1 saturated heterocycles. The number of amides is 1. The van der Waals surface area contributed by atoms with Crippen molar-refractivity contribution in [1.82, 2.24) is 14.5 Å². The van der Waals surface area contributed by atoms with Crippen LogP contribution < -0.4 is 5.32 Å². The largest absolute Gasteiger partial charge is 0.403 e. The van der Waals surface area contributed by atoms with Crippen molar-refractivity contribution in [2.45, 2.75) is 43.9 Å². The van der Waals surface area contributed by atoms with Crippen molar-refractivity contribution in [2.75, 3.05) is 18.4 Å². The highest BCUT2D eigenvalue weighted by Gasteiger charge is 2.32. The lowest BCUT2D eigenvalue weighted by Crippen LogP contribution is -2.41. The predicted molar refractivity (Wildman–Crippen MR) is 125 cm³/mol. The minimum Gasteiger partial charge on any atom is -0.403 e. The molecule has 8 nitrogen and oxygen atoms in total. The van der Waals surface area contributed by atoms with E-state index in [0.29, 0.717) is 18.7 Å². The number of sulfonamides is 1. The monoisotopic (exact) mass is 468 g/mol. The van der Waals surface area contributed by atoms with E-state index in [0.717, 1.165) is 11.1 Å². The number of aromatic nitrogens is 2. The topological polar surface area (TPSA) is 105 Å². The van der Waals surface area contributed by atoms with Crippen molar-refractivity contribution < 1.29 is 17.6 Å². The molecule has 33 heavy (non-hydrogen) atoms. The molecule has 0 aliphatic carbocycles. The van der Waals surface area contributed by atoms with Gasteiger partial charge in [0.2, 0.25) is 21.8 Å². The molecule has 1 fully saturated rings.